The van der Waals surface area contributed by atoms with Crippen LogP contribution in [0.15, 0.2) is 36.4 Å². The van der Waals surface area contributed by atoms with Crippen molar-refractivity contribution in [1.29, 1.82) is 0 Å². The summed E-state index contributed by atoms with van der Waals surface area (Å²) in [6.07, 6.45) is 8.37. The van der Waals surface area contributed by atoms with Crippen LogP contribution in [0.25, 0.3) is 0 Å². The third-order valence-corrected chi connectivity index (χ3v) is 6.89. The predicted molar refractivity (Wildman–Crippen MR) is 143 cm³/mol. The van der Waals surface area contributed by atoms with Crippen molar-refractivity contribution in [2.45, 2.75) is 92.4 Å². The minimum atomic E-state index is -0.0209. The molecular weight excluding hydrogens is 420 g/mol. The van der Waals surface area contributed by atoms with Gasteiger partial charge in [0.05, 0.1) is 0 Å². The van der Waals surface area contributed by atoms with E-state index in [1.54, 1.807) is 11.1 Å². The van der Waals surface area contributed by atoms with Gasteiger partial charge in [-0.1, -0.05) is 63.1 Å². The number of nitrogens with one attached hydrogen (secondary N) is 2. The zero-order valence-corrected chi connectivity index (χ0v) is 22.1. The van der Waals surface area contributed by atoms with E-state index in [9.17, 15) is 9.59 Å². The molecule has 4 heteroatoms. The SMILES string of the molecule is CC(=O)Nc1c(C)cccc1C.CCCCNC(=O)C1CCC1.Cc1cccc2c1CC[C@H]2C. The highest BCUT2D eigenvalue weighted by Crippen LogP contribution is 2.33. The van der Waals surface area contributed by atoms with Crippen molar-refractivity contribution in [2.24, 2.45) is 5.92 Å². The third kappa shape index (κ3) is 8.30. The second-order valence-corrected chi connectivity index (χ2v) is 9.80. The van der Waals surface area contributed by atoms with Crippen molar-refractivity contribution in [3.05, 3.63) is 64.2 Å². The van der Waals surface area contributed by atoms with Crippen LogP contribution in [0.3, 0.4) is 0 Å². The predicted octanol–water partition coefficient (Wildman–Crippen LogP) is 7.01. The molecule has 1 saturated carbocycles. The van der Waals surface area contributed by atoms with E-state index in [-0.39, 0.29) is 11.8 Å². The van der Waals surface area contributed by atoms with Crippen LogP contribution < -0.4 is 10.6 Å². The van der Waals surface area contributed by atoms with Gasteiger partial charge in [0.15, 0.2) is 0 Å². The van der Waals surface area contributed by atoms with Gasteiger partial charge in [-0.15, -0.1) is 0 Å². The lowest BCUT2D eigenvalue weighted by atomic mass is 9.85. The number of carbonyl (C=O) groups excluding carboxylic acids is 2. The van der Waals surface area contributed by atoms with Crippen LogP contribution in [0, 0.1) is 26.7 Å². The Morgan fingerprint density at radius 3 is 2.09 bits per heavy atom. The lowest BCUT2D eigenvalue weighted by Gasteiger charge is -2.23. The summed E-state index contributed by atoms with van der Waals surface area (Å²) in [5.74, 6) is 1.41. The van der Waals surface area contributed by atoms with Crippen LogP contribution in [0.4, 0.5) is 5.69 Å². The quantitative estimate of drug-likeness (QED) is 0.468. The molecule has 1 fully saturated rings. The Labute approximate surface area is 206 Å². The first-order valence-electron chi connectivity index (χ1n) is 12.9. The Balaban J connectivity index is 0.000000180. The van der Waals surface area contributed by atoms with Crippen molar-refractivity contribution in [2.75, 3.05) is 11.9 Å². The third-order valence-electron chi connectivity index (χ3n) is 6.89. The number of fused-ring (bicyclic) bond motifs is 1. The number of hydrogen-bond donors (Lipinski definition) is 2. The van der Waals surface area contributed by atoms with Gasteiger partial charge in [-0.3, -0.25) is 9.59 Å². The van der Waals surface area contributed by atoms with Gasteiger partial charge in [0.25, 0.3) is 0 Å². The van der Waals surface area contributed by atoms with E-state index in [1.165, 1.54) is 31.7 Å². The minimum Gasteiger partial charge on any atom is -0.356 e. The molecule has 34 heavy (non-hydrogen) atoms. The van der Waals surface area contributed by atoms with Crippen LogP contribution in [0.5, 0.6) is 0 Å². The number of unbranched alkanes of at least 4 members (excludes halogenated alkanes) is 1. The van der Waals surface area contributed by atoms with Gasteiger partial charge in [-0.2, -0.15) is 0 Å². The number of amides is 2. The topological polar surface area (TPSA) is 58.2 Å². The van der Waals surface area contributed by atoms with Gasteiger partial charge < -0.3 is 10.6 Å². The van der Waals surface area contributed by atoms with Crippen LogP contribution in [-0.4, -0.2) is 18.4 Å². The number of hydrogen-bond acceptors (Lipinski definition) is 2. The molecule has 0 spiro atoms. The molecule has 0 radical (unpaired) electrons. The summed E-state index contributed by atoms with van der Waals surface area (Å²) in [5.41, 5.74) is 7.82. The van der Waals surface area contributed by atoms with Gasteiger partial charge in [0.1, 0.15) is 0 Å². The summed E-state index contributed by atoms with van der Waals surface area (Å²) in [7, 11) is 0. The van der Waals surface area contributed by atoms with Crippen molar-refractivity contribution in [3.8, 4) is 0 Å². The fourth-order valence-corrected chi connectivity index (χ4v) is 4.44. The number of carbonyl (C=O) groups is 2. The molecule has 0 heterocycles. The van der Waals surface area contributed by atoms with Crippen LogP contribution in [-0.2, 0) is 16.0 Å². The van der Waals surface area contributed by atoms with Gasteiger partial charge in [-0.05, 0) is 86.6 Å². The first kappa shape index (κ1) is 27.6. The number of benzene rings is 2. The number of para-hydroxylation sites is 1. The van der Waals surface area contributed by atoms with Gasteiger partial charge in [-0.25, -0.2) is 0 Å². The highest BCUT2D eigenvalue weighted by molar-refractivity contribution is 5.90. The second kappa shape index (κ2) is 13.9. The molecule has 0 saturated heterocycles. The largest absolute Gasteiger partial charge is 0.356 e. The molecular formula is C30H44N2O2. The highest BCUT2D eigenvalue weighted by atomic mass is 16.2. The second-order valence-electron chi connectivity index (χ2n) is 9.80. The van der Waals surface area contributed by atoms with Crippen LogP contribution in [0.2, 0.25) is 0 Å². The first-order valence-corrected chi connectivity index (χ1v) is 12.9. The molecule has 0 aromatic heterocycles. The van der Waals surface area contributed by atoms with E-state index in [4.69, 9.17) is 0 Å². The Hall–Kier alpha value is -2.62. The number of anilines is 1. The molecule has 2 aromatic rings. The monoisotopic (exact) mass is 464 g/mol. The van der Waals surface area contributed by atoms with E-state index in [2.05, 4.69) is 49.6 Å². The zero-order valence-electron chi connectivity index (χ0n) is 22.1. The maximum atomic E-state index is 11.2. The van der Waals surface area contributed by atoms with Crippen LogP contribution >= 0.6 is 0 Å². The average Bonchev–Trinajstić information content (AvgIpc) is 3.13. The fourth-order valence-electron chi connectivity index (χ4n) is 4.44. The van der Waals surface area contributed by atoms with Crippen molar-refractivity contribution in [3.63, 3.8) is 0 Å². The summed E-state index contributed by atoms with van der Waals surface area (Å²) < 4.78 is 0. The summed E-state index contributed by atoms with van der Waals surface area (Å²) in [6, 6.07) is 12.6. The van der Waals surface area contributed by atoms with Gasteiger partial charge >= 0.3 is 0 Å². The molecule has 2 amide bonds. The summed E-state index contributed by atoms with van der Waals surface area (Å²) in [5, 5.41) is 5.75. The molecule has 0 unspecified atom stereocenters. The van der Waals surface area contributed by atoms with Gasteiger partial charge in [0.2, 0.25) is 11.8 Å². The van der Waals surface area contributed by atoms with Crippen molar-refractivity contribution >= 4 is 17.5 Å². The van der Waals surface area contributed by atoms with E-state index in [0.29, 0.717) is 5.92 Å². The zero-order chi connectivity index (χ0) is 25.1. The molecule has 2 aliphatic rings. The fraction of sp³-hybridized carbons (Fsp3) is 0.533. The molecule has 1 atom stereocenters. The van der Waals surface area contributed by atoms with Crippen molar-refractivity contribution < 1.29 is 9.59 Å². The molecule has 2 aliphatic carbocycles. The smallest absolute Gasteiger partial charge is 0.223 e. The molecule has 0 bridgehead atoms. The Bertz CT molecular complexity index is 927. The number of rotatable bonds is 5. The minimum absolute atomic E-state index is 0.0209. The Morgan fingerprint density at radius 1 is 0.941 bits per heavy atom. The Morgan fingerprint density at radius 2 is 1.56 bits per heavy atom. The number of aryl methyl sites for hydroxylation is 3. The maximum absolute atomic E-state index is 11.2. The summed E-state index contributed by atoms with van der Waals surface area (Å²) in [6.45, 7) is 13.0. The lowest BCUT2D eigenvalue weighted by Crippen LogP contribution is -2.34. The lowest BCUT2D eigenvalue weighted by molar-refractivity contribution is -0.127. The maximum Gasteiger partial charge on any atom is 0.223 e. The van der Waals surface area contributed by atoms with Crippen LogP contribution in [0.1, 0.15) is 93.0 Å². The molecule has 0 aliphatic heterocycles. The van der Waals surface area contributed by atoms with E-state index < -0.39 is 0 Å². The molecule has 186 valence electrons. The summed E-state index contributed by atoms with van der Waals surface area (Å²) >= 11 is 0. The molecule has 2 N–H and O–H groups in total. The molecule has 4 rings (SSSR count). The normalized spacial score (nSPS) is 16.1. The molecule has 2 aromatic carbocycles. The van der Waals surface area contributed by atoms with Crippen molar-refractivity contribution in [1.82, 2.24) is 5.32 Å². The van der Waals surface area contributed by atoms with E-state index >= 15 is 0 Å². The van der Waals surface area contributed by atoms with E-state index in [0.717, 1.165) is 55.0 Å². The Kier molecular flexibility index (Phi) is 11.3. The molecule has 4 nitrogen and oxygen atoms in total. The standard InChI is InChI=1S/C11H14.C10H13NO.C9H17NO/c1-8-4-3-5-10-9(2)6-7-11(8)10;1-7-5-4-6-8(2)10(7)11-9(3)12;1-2-3-7-10-9(11)8-5-4-6-8/h3-5,9H,6-7H2,1-2H3;4-6H,1-3H3,(H,11,12);8H,2-7H2,1H3,(H,10,11)/t9-;;/m1../s1. The summed E-state index contributed by atoms with van der Waals surface area (Å²) in [4.78, 5) is 22.0. The highest BCUT2D eigenvalue weighted by Gasteiger charge is 2.24. The van der Waals surface area contributed by atoms with Gasteiger partial charge in [0, 0.05) is 25.1 Å². The van der Waals surface area contributed by atoms with E-state index in [1.807, 2.05) is 32.0 Å². The first-order chi connectivity index (χ1) is 16.2. The average molecular weight is 465 g/mol.